The van der Waals surface area contributed by atoms with E-state index in [0.29, 0.717) is 0 Å². The average Bonchev–Trinajstić information content (AvgIpc) is 3.08. The molecule has 0 bridgehead atoms. The first-order chi connectivity index (χ1) is 14.9. The zero-order valence-corrected chi connectivity index (χ0v) is 17.5. The maximum atomic E-state index is 12.4. The lowest BCUT2D eigenvalue weighted by atomic mass is 9.98. The SMILES string of the molecule is COC(C)CNC(=O)C(CC(=O)O)NC(=O)OCC1c2ccccc2-c2ccccc21. The molecule has 164 valence electrons. The Labute approximate surface area is 180 Å². The fourth-order valence-corrected chi connectivity index (χ4v) is 3.62. The van der Waals surface area contributed by atoms with Crippen LogP contribution in [0.15, 0.2) is 48.5 Å². The molecule has 2 atom stereocenters. The van der Waals surface area contributed by atoms with Gasteiger partial charge in [0.2, 0.25) is 5.91 Å². The van der Waals surface area contributed by atoms with Crippen molar-refractivity contribution < 1.29 is 29.0 Å². The zero-order chi connectivity index (χ0) is 22.4. The maximum Gasteiger partial charge on any atom is 0.407 e. The van der Waals surface area contributed by atoms with Crippen molar-refractivity contribution in [1.82, 2.24) is 10.6 Å². The third kappa shape index (κ3) is 5.40. The Kier molecular flexibility index (Phi) is 7.25. The number of carbonyl (C=O) groups is 3. The van der Waals surface area contributed by atoms with Gasteiger partial charge in [-0.25, -0.2) is 4.79 Å². The molecule has 0 aliphatic heterocycles. The topological polar surface area (TPSA) is 114 Å². The zero-order valence-electron chi connectivity index (χ0n) is 17.5. The number of alkyl carbamates (subject to hydrolysis) is 1. The summed E-state index contributed by atoms with van der Waals surface area (Å²) in [4.78, 5) is 35.8. The number of benzene rings is 2. The van der Waals surface area contributed by atoms with Gasteiger partial charge in [0.05, 0.1) is 12.5 Å². The van der Waals surface area contributed by atoms with Gasteiger partial charge in [-0.05, 0) is 29.2 Å². The molecule has 31 heavy (non-hydrogen) atoms. The van der Waals surface area contributed by atoms with Crippen molar-refractivity contribution in [2.75, 3.05) is 20.3 Å². The van der Waals surface area contributed by atoms with E-state index in [9.17, 15) is 14.4 Å². The third-order valence-electron chi connectivity index (χ3n) is 5.30. The summed E-state index contributed by atoms with van der Waals surface area (Å²) in [5, 5.41) is 14.0. The summed E-state index contributed by atoms with van der Waals surface area (Å²) in [5.74, 6) is -1.95. The number of ether oxygens (including phenoxy) is 2. The number of fused-ring (bicyclic) bond motifs is 3. The van der Waals surface area contributed by atoms with Gasteiger partial charge in [0.25, 0.3) is 0 Å². The number of hydrogen-bond donors (Lipinski definition) is 3. The van der Waals surface area contributed by atoms with Crippen molar-refractivity contribution in [3.8, 4) is 11.1 Å². The van der Waals surface area contributed by atoms with Gasteiger partial charge < -0.3 is 25.2 Å². The van der Waals surface area contributed by atoms with Crippen molar-refractivity contribution in [1.29, 1.82) is 0 Å². The number of amides is 2. The number of hydrogen-bond acceptors (Lipinski definition) is 5. The lowest BCUT2D eigenvalue weighted by molar-refractivity contribution is -0.139. The molecule has 0 fully saturated rings. The molecule has 2 amide bonds. The van der Waals surface area contributed by atoms with E-state index in [1.807, 2.05) is 48.5 Å². The molecule has 3 N–H and O–H groups in total. The second kappa shape index (κ2) is 10.1. The molecule has 1 aliphatic carbocycles. The fourth-order valence-electron chi connectivity index (χ4n) is 3.62. The first kappa shape index (κ1) is 22.3. The largest absolute Gasteiger partial charge is 0.481 e. The molecule has 2 unspecified atom stereocenters. The van der Waals surface area contributed by atoms with E-state index in [1.54, 1.807) is 6.92 Å². The van der Waals surface area contributed by atoms with Crippen LogP contribution < -0.4 is 10.6 Å². The van der Waals surface area contributed by atoms with Crippen molar-refractivity contribution in [3.05, 3.63) is 59.7 Å². The average molecular weight is 426 g/mol. The van der Waals surface area contributed by atoms with E-state index in [1.165, 1.54) is 7.11 Å². The number of carbonyl (C=O) groups excluding carboxylic acids is 2. The molecule has 3 rings (SSSR count). The molecule has 0 aromatic heterocycles. The predicted octanol–water partition coefficient (Wildman–Crippen LogP) is 2.52. The molecule has 8 nitrogen and oxygen atoms in total. The van der Waals surface area contributed by atoms with Gasteiger partial charge in [-0.3, -0.25) is 9.59 Å². The Hall–Kier alpha value is -3.39. The summed E-state index contributed by atoms with van der Waals surface area (Å²) in [6.07, 6.45) is -1.65. The van der Waals surface area contributed by atoms with E-state index in [-0.39, 0.29) is 25.2 Å². The number of carboxylic acid groups (broad SMARTS) is 1. The standard InChI is InChI=1S/C23H26N2O6/c1-14(30-2)12-24-22(28)20(11-21(26)27)25-23(29)31-13-19-17-9-5-3-7-15(17)16-8-4-6-10-18(16)19/h3-10,14,19-20H,11-13H2,1-2H3,(H,24,28)(H,25,29)(H,26,27). The van der Waals surface area contributed by atoms with Crippen LogP contribution in [0.2, 0.25) is 0 Å². The van der Waals surface area contributed by atoms with Crippen molar-refractivity contribution >= 4 is 18.0 Å². The molecule has 0 heterocycles. The van der Waals surface area contributed by atoms with Crippen LogP contribution in [0.1, 0.15) is 30.4 Å². The van der Waals surface area contributed by atoms with Crippen molar-refractivity contribution in [2.45, 2.75) is 31.4 Å². The molecule has 0 radical (unpaired) electrons. The van der Waals surface area contributed by atoms with E-state index in [0.717, 1.165) is 22.3 Å². The monoisotopic (exact) mass is 426 g/mol. The second-order valence-electron chi connectivity index (χ2n) is 7.41. The van der Waals surface area contributed by atoms with E-state index < -0.39 is 30.4 Å². The van der Waals surface area contributed by atoms with Crippen LogP contribution in [0.3, 0.4) is 0 Å². The third-order valence-corrected chi connectivity index (χ3v) is 5.30. The molecular weight excluding hydrogens is 400 g/mol. The van der Waals surface area contributed by atoms with E-state index in [2.05, 4.69) is 10.6 Å². The first-order valence-corrected chi connectivity index (χ1v) is 10.0. The van der Waals surface area contributed by atoms with Gasteiger partial charge >= 0.3 is 12.1 Å². The van der Waals surface area contributed by atoms with Gasteiger partial charge in [-0.1, -0.05) is 48.5 Å². The van der Waals surface area contributed by atoms with E-state index in [4.69, 9.17) is 14.6 Å². The van der Waals surface area contributed by atoms with Crippen LogP contribution in [0.5, 0.6) is 0 Å². The molecule has 2 aromatic rings. The highest BCUT2D eigenvalue weighted by Gasteiger charge is 2.30. The first-order valence-electron chi connectivity index (χ1n) is 10.0. The Bertz CT molecular complexity index is 915. The molecule has 0 saturated carbocycles. The van der Waals surface area contributed by atoms with Crippen molar-refractivity contribution in [3.63, 3.8) is 0 Å². The summed E-state index contributed by atoms with van der Waals surface area (Å²) in [5.41, 5.74) is 4.32. The summed E-state index contributed by atoms with van der Waals surface area (Å²) in [6, 6.07) is 14.6. The van der Waals surface area contributed by atoms with Crippen LogP contribution in [-0.2, 0) is 19.1 Å². The summed E-state index contributed by atoms with van der Waals surface area (Å²) >= 11 is 0. The van der Waals surface area contributed by atoms with Crippen LogP contribution >= 0.6 is 0 Å². The van der Waals surface area contributed by atoms with Crippen LogP contribution in [0.4, 0.5) is 4.79 Å². The maximum absolute atomic E-state index is 12.4. The van der Waals surface area contributed by atoms with E-state index >= 15 is 0 Å². The predicted molar refractivity (Wildman–Crippen MR) is 114 cm³/mol. The van der Waals surface area contributed by atoms with Crippen LogP contribution in [0, 0.1) is 0 Å². The fraction of sp³-hybridized carbons (Fsp3) is 0.348. The Morgan fingerprint density at radius 3 is 2.16 bits per heavy atom. The highest BCUT2D eigenvalue weighted by Crippen LogP contribution is 2.44. The highest BCUT2D eigenvalue weighted by molar-refractivity contribution is 5.89. The minimum atomic E-state index is -1.25. The van der Waals surface area contributed by atoms with Gasteiger partial charge in [-0.2, -0.15) is 0 Å². The molecular formula is C23H26N2O6. The minimum Gasteiger partial charge on any atom is -0.481 e. The molecule has 0 saturated heterocycles. The Balaban J connectivity index is 1.64. The van der Waals surface area contributed by atoms with Gasteiger partial charge in [0.15, 0.2) is 0 Å². The Morgan fingerprint density at radius 2 is 1.61 bits per heavy atom. The number of methoxy groups -OCH3 is 1. The van der Waals surface area contributed by atoms with Crippen molar-refractivity contribution in [2.24, 2.45) is 0 Å². The van der Waals surface area contributed by atoms with Crippen LogP contribution in [0.25, 0.3) is 11.1 Å². The smallest absolute Gasteiger partial charge is 0.407 e. The Morgan fingerprint density at radius 1 is 1.03 bits per heavy atom. The number of carboxylic acids is 1. The number of rotatable bonds is 9. The normalized spacial score (nSPS) is 14.1. The van der Waals surface area contributed by atoms with Gasteiger partial charge in [0, 0.05) is 19.6 Å². The summed E-state index contributed by atoms with van der Waals surface area (Å²) < 4.78 is 10.5. The second-order valence-corrected chi connectivity index (χ2v) is 7.41. The number of aliphatic carboxylic acids is 1. The van der Waals surface area contributed by atoms with Gasteiger partial charge in [0.1, 0.15) is 12.6 Å². The summed E-state index contributed by atoms with van der Waals surface area (Å²) in [7, 11) is 1.50. The minimum absolute atomic E-state index is 0.0714. The molecule has 8 heteroatoms. The number of nitrogens with one attached hydrogen (secondary N) is 2. The quantitative estimate of drug-likeness (QED) is 0.568. The van der Waals surface area contributed by atoms with Crippen LogP contribution in [-0.4, -0.2) is 55.5 Å². The summed E-state index contributed by atoms with van der Waals surface area (Å²) in [6.45, 7) is 2.02. The lowest BCUT2D eigenvalue weighted by Crippen LogP contribution is -2.49. The molecule has 0 spiro atoms. The van der Waals surface area contributed by atoms with Gasteiger partial charge in [-0.15, -0.1) is 0 Å². The molecule has 1 aliphatic rings. The molecule has 2 aromatic carbocycles. The highest BCUT2D eigenvalue weighted by atomic mass is 16.5. The lowest BCUT2D eigenvalue weighted by Gasteiger charge is -2.19.